The van der Waals surface area contributed by atoms with Crippen molar-refractivity contribution in [3.8, 4) is 0 Å². The van der Waals surface area contributed by atoms with E-state index < -0.39 is 0 Å². The fourth-order valence-electron chi connectivity index (χ4n) is 3.24. The van der Waals surface area contributed by atoms with Crippen LogP contribution in [0.3, 0.4) is 0 Å². The number of methoxy groups -OCH3 is 1. The second-order valence-corrected chi connectivity index (χ2v) is 6.06. The predicted molar refractivity (Wildman–Crippen MR) is 78.8 cm³/mol. The average Bonchev–Trinajstić information content (AvgIpc) is 3.07. The molecule has 3 nitrogen and oxygen atoms in total. The summed E-state index contributed by atoms with van der Waals surface area (Å²) < 4.78 is 11.5. The molecule has 2 aromatic rings. The molecule has 1 N–H and O–H groups in total. The molecule has 0 atom stereocenters. The molecule has 1 aromatic heterocycles. The lowest BCUT2D eigenvalue weighted by atomic mass is 10.0. The van der Waals surface area contributed by atoms with E-state index in [4.69, 9.17) is 9.15 Å². The largest absolute Gasteiger partial charge is 0.459 e. The molecule has 1 aromatic carbocycles. The van der Waals surface area contributed by atoms with E-state index in [1.807, 2.05) is 0 Å². The van der Waals surface area contributed by atoms with E-state index in [0.29, 0.717) is 12.6 Å². The van der Waals surface area contributed by atoms with Crippen molar-refractivity contribution in [2.75, 3.05) is 7.11 Å². The number of hydrogen-bond acceptors (Lipinski definition) is 3. The van der Waals surface area contributed by atoms with Crippen molar-refractivity contribution in [2.45, 2.75) is 51.3 Å². The van der Waals surface area contributed by atoms with Crippen LogP contribution in [0, 0.1) is 0 Å². The van der Waals surface area contributed by atoms with E-state index in [9.17, 15) is 0 Å². The Morgan fingerprint density at radius 1 is 1.25 bits per heavy atom. The molecule has 2 aliphatic rings. The second-order valence-electron chi connectivity index (χ2n) is 6.06. The first-order chi connectivity index (χ1) is 9.85. The third-order valence-electron chi connectivity index (χ3n) is 4.51. The molecule has 0 aliphatic heterocycles. The zero-order chi connectivity index (χ0) is 13.5. The Morgan fingerprint density at radius 2 is 2.05 bits per heavy atom. The van der Waals surface area contributed by atoms with Gasteiger partial charge in [0, 0.05) is 24.1 Å². The number of aryl methyl sites for hydroxylation is 2. The molecule has 0 unspecified atom stereocenters. The van der Waals surface area contributed by atoms with Crippen molar-refractivity contribution in [3.05, 3.63) is 34.6 Å². The molecule has 2 aliphatic carbocycles. The predicted octanol–water partition coefficient (Wildman–Crippen LogP) is 3.32. The van der Waals surface area contributed by atoms with Crippen LogP contribution in [-0.4, -0.2) is 13.2 Å². The quantitative estimate of drug-likeness (QED) is 0.906. The van der Waals surface area contributed by atoms with Crippen LogP contribution in [0.5, 0.6) is 0 Å². The standard InChI is InChI=1S/C17H21NO2/c1-19-10-15-14-7-11-3-2-4-12(11)8-16(14)20-17(15)9-18-13-5-6-13/h7-8,13,18H,2-6,9-10H2,1H3. The van der Waals surface area contributed by atoms with E-state index >= 15 is 0 Å². The Morgan fingerprint density at radius 3 is 2.80 bits per heavy atom. The summed E-state index contributed by atoms with van der Waals surface area (Å²) in [5.74, 6) is 1.05. The van der Waals surface area contributed by atoms with Crippen molar-refractivity contribution in [1.82, 2.24) is 5.32 Å². The topological polar surface area (TPSA) is 34.4 Å². The molecule has 0 spiro atoms. The van der Waals surface area contributed by atoms with Gasteiger partial charge in [-0.15, -0.1) is 0 Å². The second kappa shape index (κ2) is 4.90. The molecule has 0 saturated heterocycles. The smallest absolute Gasteiger partial charge is 0.135 e. The van der Waals surface area contributed by atoms with Crippen molar-refractivity contribution >= 4 is 11.0 Å². The van der Waals surface area contributed by atoms with Gasteiger partial charge in [-0.05, 0) is 55.4 Å². The van der Waals surface area contributed by atoms with Crippen LogP contribution in [0.2, 0.25) is 0 Å². The van der Waals surface area contributed by atoms with Crippen molar-refractivity contribution in [2.24, 2.45) is 0 Å². The highest BCUT2D eigenvalue weighted by atomic mass is 16.5. The molecule has 0 amide bonds. The highest BCUT2D eigenvalue weighted by Crippen LogP contribution is 2.33. The Labute approximate surface area is 119 Å². The Bertz CT molecular complexity index is 640. The van der Waals surface area contributed by atoms with Gasteiger partial charge in [-0.1, -0.05) is 0 Å². The number of ether oxygens (including phenoxy) is 1. The number of furan rings is 1. The number of hydrogen-bond donors (Lipinski definition) is 1. The van der Waals surface area contributed by atoms with Gasteiger partial charge in [0.2, 0.25) is 0 Å². The van der Waals surface area contributed by atoms with E-state index in [-0.39, 0.29) is 0 Å². The average molecular weight is 271 g/mol. The molecule has 1 fully saturated rings. The normalized spacial score (nSPS) is 17.9. The first kappa shape index (κ1) is 12.4. The third kappa shape index (κ3) is 2.15. The zero-order valence-electron chi connectivity index (χ0n) is 12.0. The highest BCUT2D eigenvalue weighted by molar-refractivity contribution is 5.84. The highest BCUT2D eigenvalue weighted by Gasteiger charge is 2.23. The van der Waals surface area contributed by atoms with E-state index in [1.165, 1.54) is 54.2 Å². The fourth-order valence-corrected chi connectivity index (χ4v) is 3.24. The van der Waals surface area contributed by atoms with Gasteiger partial charge in [-0.3, -0.25) is 0 Å². The SMILES string of the molecule is COCc1c(CNC2CC2)oc2cc3c(cc12)CCC3. The summed E-state index contributed by atoms with van der Waals surface area (Å²) in [4.78, 5) is 0. The minimum absolute atomic E-state index is 0.632. The zero-order valence-corrected chi connectivity index (χ0v) is 12.0. The first-order valence-electron chi connectivity index (χ1n) is 7.63. The van der Waals surface area contributed by atoms with Gasteiger partial charge in [0.25, 0.3) is 0 Å². The number of rotatable bonds is 5. The molecule has 0 bridgehead atoms. The lowest BCUT2D eigenvalue weighted by Crippen LogP contribution is -2.15. The summed E-state index contributed by atoms with van der Waals surface area (Å²) in [6, 6.07) is 5.27. The third-order valence-corrected chi connectivity index (χ3v) is 4.51. The van der Waals surface area contributed by atoms with Crippen LogP contribution in [0.15, 0.2) is 16.5 Å². The lowest BCUT2D eigenvalue weighted by molar-refractivity contribution is 0.183. The monoisotopic (exact) mass is 271 g/mol. The molecular formula is C17H21NO2. The van der Waals surface area contributed by atoms with Crippen molar-refractivity contribution < 1.29 is 9.15 Å². The van der Waals surface area contributed by atoms with Gasteiger partial charge < -0.3 is 14.5 Å². The van der Waals surface area contributed by atoms with Crippen molar-refractivity contribution in [1.29, 1.82) is 0 Å². The van der Waals surface area contributed by atoms with Gasteiger partial charge in [0.1, 0.15) is 11.3 Å². The maximum absolute atomic E-state index is 6.11. The molecule has 1 saturated carbocycles. The van der Waals surface area contributed by atoms with Gasteiger partial charge in [0.15, 0.2) is 0 Å². The number of benzene rings is 1. The lowest BCUT2D eigenvalue weighted by Gasteiger charge is -2.03. The maximum atomic E-state index is 6.11. The van der Waals surface area contributed by atoms with Gasteiger partial charge in [0.05, 0.1) is 13.2 Å². The van der Waals surface area contributed by atoms with Gasteiger partial charge >= 0.3 is 0 Å². The minimum atomic E-state index is 0.632. The summed E-state index contributed by atoms with van der Waals surface area (Å²) >= 11 is 0. The molecule has 20 heavy (non-hydrogen) atoms. The Kier molecular flexibility index (Phi) is 3.04. The van der Waals surface area contributed by atoms with Gasteiger partial charge in [-0.25, -0.2) is 0 Å². The van der Waals surface area contributed by atoms with E-state index in [0.717, 1.165) is 17.9 Å². The van der Waals surface area contributed by atoms with Crippen LogP contribution in [0.1, 0.15) is 41.7 Å². The summed E-state index contributed by atoms with van der Waals surface area (Å²) in [5.41, 5.74) is 5.23. The molecule has 0 radical (unpaired) electrons. The Balaban J connectivity index is 1.74. The molecule has 4 rings (SSSR count). The maximum Gasteiger partial charge on any atom is 0.135 e. The molecule has 1 heterocycles. The van der Waals surface area contributed by atoms with Crippen molar-refractivity contribution in [3.63, 3.8) is 0 Å². The fraction of sp³-hybridized carbons (Fsp3) is 0.529. The number of fused-ring (bicyclic) bond motifs is 2. The van der Waals surface area contributed by atoms with Crippen LogP contribution >= 0.6 is 0 Å². The van der Waals surface area contributed by atoms with Crippen LogP contribution in [-0.2, 0) is 30.7 Å². The van der Waals surface area contributed by atoms with Crippen LogP contribution < -0.4 is 5.32 Å². The van der Waals surface area contributed by atoms with Gasteiger partial charge in [-0.2, -0.15) is 0 Å². The summed E-state index contributed by atoms with van der Waals surface area (Å²) in [6.45, 7) is 1.45. The molecule has 3 heteroatoms. The van der Waals surface area contributed by atoms with E-state index in [2.05, 4.69) is 17.4 Å². The summed E-state index contributed by atoms with van der Waals surface area (Å²) in [6.07, 6.45) is 6.28. The first-order valence-corrected chi connectivity index (χ1v) is 7.63. The molecule has 106 valence electrons. The Hall–Kier alpha value is -1.32. The minimum Gasteiger partial charge on any atom is -0.459 e. The number of nitrogens with one attached hydrogen (secondary N) is 1. The summed E-state index contributed by atoms with van der Waals surface area (Å²) in [7, 11) is 1.75. The van der Waals surface area contributed by atoms with Crippen LogP contribution in [0.4, 0.5) is 0 Å². The molecular weight excluding hydrogens is 250 g/mol. The van der Waals surface area contributed by atoms with Crippen LogP contribution in [0.25, 0.3) is 11.0 Å². The summed E-state index contributed by atoms with van der Waals surface area (Å²) in [5, 5.41) is 4.79. The van der Waals surface area contributed by atoms with E-state index in [1.54, 1.807) is 7.11 Å².